The number of carbonyl (C=O) groups is 1. The van der Waals surface area contributed by atoms with Crippen molar-refractivity contribution in [2.45, 2.75) is 26.8 Å². The molecule has 1 aromatic heterocycles. The van der Waals surface area contributed by atoms with Crippen molar-refractivity contribution in [3.8, 4) is 0 Å². The molecule has 0 spiro atoms. The molecule has 2 aromatic carbocycles. The van der Waals surface area contributed by atoms with Crippen molar-refractivity contribution in [1.82, 2.24) is 9.55 Å². The molecule has 0 aliphatic carbocycles. The average molecular weight is 400 g/mol. The van der Waals surface area contributed by atoms with Gasteiger partial charge in [-0.2, -0.15) is 0 Å². The molecule has 0 atom stereocenters. The van der Waals surface area contributed by atoms with Crippen LogP contribution >= 0.6 is 15.9 Å². The van der Waals surface area contributed by atoms with Crippen LogP contribution in [0, 0.1) is 13.8 Å². The number of rotatable bonds is 4. The second-order valence-electron chi connectivity index (χ2n) is 5.90. The monoisotopic (exact) mass is 399 g/mol. The van der Waals surface area contributed by atoms with Crippen LogP contribution in [0.15, 0.2) is 51.7 Å². The number of benzene rings is 2. The van der Waals surface area contributed by atoms with Crippen molar-refractivity contribution in [2.75, 3.05) is 5.32 Å². The smallest absolute Gasteiger partial charge is 0.272 e. The Kier molecular flexibility index (Phi) is 4.99. The van der Waals surface area contributed by atoms with E-state index < -0.39 is 0 Å². The van der Waals surface area contributed by atoms with Gasteiger partial charge in [-0.15, -0.1) is 0 Å². The summed E-state index contributed by atoms with van der Waals surface area (Å²) in [7, 11) is 0. The summed E-state index contributed by atoms with van der Waals surface area (Å²) >= 11 is 3.44. The maximum atomic E-state index is 12.4. The van der Waals surface area contributed by atoms with Gasteiger partial charge in [-0.1, -0.05) is 28.1 Å². The highest BCUT2D eigenvalue weighted by Crippen LogP contribution is 2.20. The fraction of sp³-hybridized carbons (Fsp3) is 0.211. The third kappa shape index (κ3) is 3.79. The number of carbonyl (C=O) groups excluding carboxylic acids is 1. The molecule has 3 rings (SSSR count). The number of hydrogen-bond acceptors (Lipinski definition) is 3. The zero-order chi connectivity index (χ0) is 18.0. The normalized spacial score (nSPS) is 10.8. The van der Waals surface area contributed by atoms with Gasteiger partial charge in [0, 0.05) is 23.1 Å². The van der Waals surface area contributed by atoms with Crippen LogP contribution in [-0.4, -0.2) is 15.5 Å². The van der Waals surface area contributed by atoms with Crippen molar-refractivity contribution < 1.29 is 4.79 Å². The predicted molar refractivity (Wildman–Crippen MR) is 103 cm³/mol. The van der Waals surface area contributed by atoms with E-state index in [1.807, 2.05) is 49.4 Å². The number of anilines is 1. The van der Waals surface area contributed by atoms with Gasteiger partial charge in [-0.05, 0) is 49.7 Å². The van der Waals surface area contributed by atoms with Crippen molar-refractivity contribution >= 4 is 38.6 Å². The Morgan fingerprint density at radius 3 is 2.72 bits per heavy atom. The minimum absolute atomic E-state index is 0.132. The second-order valence-corrected chi connectivity index (χ2v) is 6.76. The first-order valence-electron chi connectivity index (χ1n) is 7.98. The van der Waals surface area contributed by atoms with Gasteiger partial charge in [0.05, 0.1) is 11.0 Å². The zero-order valence-electron chi connectivity index (χ0n) is 14.0. The first kappa shape index (κ1) is 17.4. The van der Waals surface area contributed by atoms with E-state index in [1.165, 1.54) is 0 Å². The highest BCUT2D eigenvalue weighted by atomic mass is 79.9. The van der Waals surface area contributed by atoms with E-state index in [-0.39, 0.29) is 17.9 Å². The summed E-state index contributed by atoms with van der Waals surface area (Å²) in [6.07, 6.45) is 0.211. The predicted octanol–water partition coefficient (Wildman–Crippen LogP) is 3.80. The van der Waals surface area contributed by atoms with Crippen molar-refractivity contribution in [1.29, 1.82) is 0 Å². The minimum atomic E-state index is -0.161. The summed E-state index contributed by atoms with van der Waals surface area (Å²) in [5, 5.41) is 2.87. The molecule has 3 aromatic rings. The van der Waals surface area contributed by atoms with Crippen LogP contribution in [0.5, 0.6) is 0 Å². The number of para-hydroxylation sites is 2. The lowest BCUT2D eigenvalue weighted by molar-refractivity contribution is -0.116. The zero-order valence-corrected chi connectivity index (χ0v) is 15.6. The number of aryl methyl sites for hydroxylation is 3. The quantitative estimate of drug-likeness (QED) is 0.725. The van der Waals surface area contributed by atoms with Crippen LogP contribution in [0.25, 0.3) is 11.0 Å². The standard InChI is InChI=1S/C19H18BrN3O2/c1-12-11-14(7-8-15(12)20)22-18(24)9-10-23-17-6-4-3-5-16(17)21-13(2)19(23)25/h3-8,11H,9-10H2,1-2H3,(H,22,24). The fourth-order valence-electron chi connectivity index (χ4n) is 2.70. The van der Waals surface area contributed by atoms with Gasteiger partial charge in [-0.25, -0.2) is 4.98 Å². The Balaban J connectivity index is 1.78. The van der Waals surface area contributed by atoms with Crippen LogP contribution in [0.4, 0.5) is 5.69 Å². The van der Waals surface area contributed by atoms with Gasteiger partial charge in [0.25, 0.3) is 5.56 Å². The number of hydrogen-bond donors (Lipinski definition) is 1. The first-order valence-corrected chi connectivity index (χ1v) is 8.77. The molecule has 1 N–H and O–H groups in total. The lowest BCUT2D eigenvalue weighted by Crippen LogP contribution is -2.26. The van der Waals surface area contributed by atoms with Gasteiger partial charge in [-0.3, -0.25) is 9.59 Å². The number of aromatic nitrogens is 2. The Bertz CT molecular complexity index is 1010. The van der Waals surface area contributed by atoms with Crippen molar-refractivity contribution in [2.24, 2.45) is 0 Å². The van der Waals surface area contributed by atoms with Gasteiger partial charge in [0.15, 0.2) is 0 Å². The number of fused-ring (bicyclic) bond motifs is 1. The maximum Gasteiger partial charge on any atom is 0.272 e. The maximum absolute atomic E-state index is 12.4. The molecule has 0 saturated carbocycles. The Morgan fingerprint density at radius 2 is 1.96 bits per heavy atom. The van der Waals surface area contributed by atoms with E-state index in [0.29, 0.717) is 12.2 Å². The molecule has 0 bridgehead atoms. The lowest BCUT2D eigenvalue weighted by Gasteiger charge is -2.11. The van der Waals surface area contributed by atoms with Crippen LogP contribution in [0.3, 0.4) is 0 Å². The van der Waals surface area contributed by atoms with E-state index in [1.54, 1.807) is 11.5 Å². The summed E-state index contributed by atoms with van der Waals surface area (Å²) in [5.41, 5.74) is 3.56. The van der Waals surface area contributed by atoms with Gasteiger partial charge in [0.1, 0.15) is 5.69 Å². The van der Waals surface area contributed by atoms with E-state index in [9.17, 15) is 9.59 Å². The minimum Gasteiger partial charge on any atom is -0.326 e. The molecule has 0 saturated heterocycles. The largest absolute Gasteiger partial charge is 0.326 e. The summed E-state index contributed by atoms with van der Waals surface area (Å²) in [6, 6.07) is 13.1. The molecule has 6 heteroatoms. The SMILES string of the molecule is Cc1cc(NC(=O)CCn2c(=O)c(C)nc3ccccc32)ccc1Br. The molecule has 0 unspecified atom stereocenters. The van der Waals surface area contributed by atoms with Crippen molar-refractivity contribution in [3.63, 3.8) is 0 Å². The van der Waals surface area contributed by atoms with Crippen LogP contribution in [0.2, 0.25) is 0 Å². The fourth-order valence-corrected chi connectivity index (χ4v) is 2.95. The molecular weight excluding hydrogens is 382 g/mol. The first-order chi connectivity index (χ1) is 12.0. The van der Waals surface area contributed by atoms with Gasteiger partial charge in [0.2, 0.25) is 5.91 Å². The molecule has 0 aliphatic heterocycles. The Labute approximate surface area is 153 Å². The number of halogens is 1. The summed E-state index contributed by atoms with van der Waals surface area (Å²) in [4.78, 5) is 29.0. The van der Waals surface area contributed by atoms with E-state index in [0.717, 1.165) is 26.8 Å². The number of amides is 1. The Morgan fingerprint density at radius 1 is 1.20 bits per heavy atom. The van der Waals surface area contributed by atoms with Gasteiger partial charge < -0.3 is 9.88 Å². The molecule has 0 aliphatic rings. The van der Waals surface area contributed by atoms with Crippen LogP contribution < -0.4 is 10.9 Å². The molecule has 0 fully saturated rings. The Hall–Kier alpha value is -2.47. The van der Waals surface area contributed by atoms with Crippen LogP contribution in [0.1, 0.15) is 17.7 Å². The highest BCUT2D eigenvalue weighted by Gasteiger charge is 2.10. The van der Waals surface area contributed by atoms with E-state index in [2.05, 4.69) is 26.2 Å². The second kappa shape index (κ2) is 7.19. The lowest BCUT2D eigenvalue weighted by atomic mass is 10.2. The average Bonchev–Trinajstić information content (AvgIpc) is 2.58. The van der Waals surface area contributed by atoms with Gasteiger partial charge >= 0.3 is 0 Å². The molecule has 0 radical (unpaired) electrons. The van der Waals surface area contributed by atoms with E-state index >= 15 is 0 Å². The van der Waals surface area contributed by atoms with Crippen LogP contribution in [-0.2, 0) is 11.3 Å². The molecule has 1 amide bonds. The molecule has 25 heavy (non-hydrogen) atoms. The summed E-state index contributed by atoms with van der Waals surface area (Å²) < 4.78 is 2.61. The van der Waals surface area contributed by atoms with E-state index in [4.69, 9.17) is 0 Å². The topological polar surface area (TPSA) is 64.0 Å². The summed E-state index contributed by atoms with van der Waals surface area (Å²) in [6.45, 7) is 3.96. The number of nitrogens with zero attached hydrogens (tertiary/aromatic N) is 2. The molecule has 1 heterocycles. The molecule has 128 valence electrons. The highest BCUT2D eigenvalue weighted by molar-refractivity contribution is 9.10. The molecular formula is C19H18BrN3O2. The third-order valence-corrected chi connectivity index (χ3v) is 4.91. The summed E-state index contributed by atoms with van der Waals surface area (Å²) in [5.74, 6) is -0.132. The third-order valence-electron chi connectivity index (χ3n) is 4.02. The molecule has 5 nitrogen and oxygen atoms in total. The van der Waals surface area contributed by atoms with Crippen molar-refractivity contribution in [3.05, 3.63) is 68.5 Å². The number of nitrogens with one attached hydrogen (secondary N) is 1.